The Bertz CT molecular complexity index is 727. The summed E-state index contributed by atoms with van der Waals surface area (Å²) in [6, 6.07) is 12.1. The summed E-state index contributed by atoms with van der Waals surface area (Å²) in [6.07, 6.45) is 1.77. The second-order valence-electron chi connectivity index (χ2n) is 3.62. The van der Waals surface area contributed by atoms with Crippen LogP contribution in [0, 0.1) is 8.34 Å². The largest absolute Gasteiger partial charge is 0.329 e. The van der Waals surface area contributed by atoms with Gasteiger partial charge in [-0.2, -0.15) is 0 Å². The van der Waals surface area contributed by atoms with Gasteiger partial charge in [0.15, 0.2) is 10.4 Å². The van der Waals surface area contributed by atoms with Crippen molar-refractivity contribution in [3.63, 3.8) is 0 Å². The van der Waals surface area contributed by atoms with E-state index >= 15 is 0 Å². The molecule has 1 N–H and O–H groups in total. The third-order valence-electron chi connectivity index (χ3n) is 2.53. The van der Waals surface area contributed by atoms with Gasteiger partial charge in [-0.25, -0.2) is 4.98 Å². The molecular formula is C12H8IN3S. The van der Waals surface area contributed by atoms with Crippen LogP contribution in [-0.2, 0) is 0 Å². The molecule has 0 fully saturated rings. The maximum atomic E-state index is 5.33. The minimum absolute atomic E-state index is 0.667. The third-order valence-corrected chi connectivity index (χ3v) is 3.53. The summed E-state index contributed by atoms with van der Waals surface area (Å²) >= 11 is 7.62. The van der Waals surface area contributed by atoms with Gasteiger partial charge in [-0.3, -0.25) is 4.57 Å². The van der Waals surface area contributed by atoms with Gasteiger partial charge in [-0.15, -0.1) is 0 Å². The first-order valence-electron chi connectivity index (χ1n) is 5.07. The van der Waals surface area contributed by atoms with E-state index in [0.29, 0.717) is 4.77 Å². The normalized spacial score (nSPS) is 10.9. The van der Waals surface area contributed by atoms with Crippen molar-refractivity contribution >= 4 is 46.0 Å². The number of benzene rings is 1. The van der Waals surface area contributed by atoms with Crippen molar-refractivity contribution in [1.82, 2.24) is 14.5 Å². The fourth-order valence-electron chi connectivity index (χ4n) is 1.77. The van der Waals surface area contributed by atoms with Gasteiger partial charge in [-0.1, -0.05) is 0 Å². The molecular weight excluding hydrogens is 345 g/mol. The van der Waals surface area contributed by atoms with Crippen LogP contribution in [0.3, 0.4) is 0 Å². The lowest BCUT2D eigenvalue weighted by molar-refractivity contribution is 1.04. The molecule has 0 atom stereocenters. The van der Waals surface area contributed by atoms with Crippen LogP contribution in [0.5, 0.6) is 0 Å². The topological polar surface area (TPSA) is 33.6 Å². The number of pyridine rings is 1. The number of nitrogens with zero attached hydrogens (tertiary/aromatic N) is 2. The van der Waals surface area contributed by atoms with E-state index in [9.17, 15) is 0 Å². The van der Waals surface area contributed by atoms with Crippen molar-refractivity contribution in [3.8, 4) is 5.69 Å². The predicted molar refractivity (Wildman–Crippen MR) is 79.0 cm³/mol. The Morgan fingerprint density at radius 1 is 1.18 bits per heavy atom. The number of H-pyrrole nitrogens is 1. The van der Waals surface area contributed by atoms with Crippen LogP contribution in [0.1, 0.15) is 0 Å². The molecule has 0 saturated carbocycles. The lowest BCUT2D eigenvalue weighted by Gasteiger charge is -2.03. The van der Waals surface area contributed by atoms with E-state index in [1.807, 2.05) is 28.8 Å². The number of imidazole rings is 1. The number of hydrogen-bond acceptors (Lipinski definition) is 2. The van der Waals surface area contributed by atoms with Gasteiger partial charge >= 0.3 is 0 Å². The second kappa shape index (κ2) is 4.23. The minimum Gasteiger partial charge on any atom is -0.329 e. The molecule has 0 aliphatic carbocycles. The van der Waals surface area contributed by atoms with E-state index < -0.39 is 0 Å². The fraction of sp³-hybridized carbons (Fsp3) is 0. The van der Waals surface area contributed by atoms with Crippen molar-refractivity contribution in [2.75, 3.05) is 0 Å². The van der Waals surface area contributed by atoms with Gasteiger partial charge in [0.2, 0.25) is 0 Å². The quantitative estimate of drug-likeness (QED) is 0.535. The minimum atomic E-state index is 0.667. The molecule has 0 radical (unpaired) electrons. The number of rotatable bonds is 1. The molecule has 0 amide bonds. The van der Waals surface area contributed by atoms with E-state index in [1.54, 1.807) is 6.20 Å². The van der Waals surface area contributed by atoms with Crippen molar-refractivity contribution in [1.29, 1.82) is 0 Å². The number of nitrogens with one attached hydrogen (secondary N) is 1. The molecule has 0 spiro atoms. The van der Waals surface area contributed by atoms with Crippen molar-refractivity contribution < 1.29 is 0 Å². The van der Waals surface area contributed by atoms with Gasteiger partial charge in [-0.05, 0) is 71.2 Å². The Morgan fingerprint density at radius 3 is 2.71 bits per heavy atom. The first-order valence-corrected chi connectivity index (χ1v) is 6.56. The number of aromatic amines is 1. The van der Waals surface area contributed by atoms with Crippen LogP contribution in [-0.4, -0.2) is 14.5 Å². The summed E-state index contributed by atoms with van der Waals surface area (Å²) in [4.78, 5) is 7.52. The van der Waals surface area contributed by atoms with Crippen LogP contribution in [0.25, 0.3) is 16.9 Å². The number of halogens is 1. The Labute approximate surface area is 117 Å². The van der Waals surface area contributed by atoms with E-state index in [1.165, 1.54) is 3.57 Å². The summed E-state index contributed by atoms with van der Waals surface area (Å²) in [5.74, 6) is 0. The standard InChI is InChI=1S/C12H8IN3S/c13-8-3-5-9(6-4-8)16-11-10(15-12(16)17)2-1-7-14-11/h1-7H,(H,15,17). The smallest absolute Gasteiger partial charge is 0.183 e. The Balaban J connectivity index is 2.33. The van der Waals surface area contributed by atoms with E-state index in [-0.39, 0.29) is 0 Å². The van der Waals surface area contributed by atoms with Crippen molar-refractivity contribution in [2.45, 2.75) is 0 Å². The van der Waals surface area contributed by atoms with E-state index in [0.717, 1.165) is 16.9 Å². The van der Waals surface area contributed by atoms with Crippen LogP contribution in [0.15, 0.2) is 42.6 Å². The molecule has 84 valence electrons. The van der Waals surface area contributed by atoms with Gasteiger partial charge < -0.3 is 4.98 Å². The summed E-state index contributed by atoms with van der Waals surface area (Å²) in [5, 5.41) is 0. The first-order chi connectivity index (χ1) is 8.25. The average Bonchev–Trinajstić information content (AvgIpc) is 2.66. The Morgan fingerprint density at radius 2 is 1.94 bits per heavy atom. The highest BCUT2D eigenvalue weighted by Crippen LogP contribution is 2.18. The molecule has 0 aliphatic rings. The van der Waals surface area contributed by atoms with Gasteiger partial charge in [0, 0.05) is 15.5 Å². The molecule has 1 aromatic carbocycles. The van der Waals surface area contributed by atoms with Crippen LogP contribution in [0.2, 0.25) is 0 Å². The molecule has 3 aromatic rings. The summed E-state index contributed by atoms with van der Waals surface area (Å²) in [6.45, 7) is 0. The van der Waals surface area contributed by atoms with Crippen molar-refractivity contribution in [3.05, 3.63) is 50.9 Å². The molecule has 2 heterocycles. The lowest BCUT2D eigenvalue weighted by atomic mass is 10.3. The highest BCUT2D eigenvalue weighted by atomic mass is 127. The third kappa shape index (κ3) is 1.89. The zero-order valence-electron chi connectivity index (χ0n) is 8.72. The highest BCUT2D eigenvalue weighted by Gasteiger charge is 2.06. The zero-order chi connectivity index (χ0) is 11.8. The van der Waals surface area contributed by atoms with Gasteiger partial charge in [0.05, 0.1) is 5.52 Å². The van der Waals surface area contributed by atoms with Crippen molar-refractivity contribution in [2.24, 2.45) is 0 Å². The zero-order valence-corrected chi connectivity index (χ0v) is 11.7. The molecule has 0 bridgehead atoms. The Kier molecular flexibility index (Phi) is 2.71. The molecule has 0 saturated heterocycles. The van der Waals surface area contributed by atoms with Gasteiger partial charge in [0.25, 0.3) is 0 Å². The fourth-order valence-corrected chi connectivity index (χ4v) is 2.43. The summed E-state index contributed by atoms with van der Waals surface area (Å²) < 4.78 is 3.81. The highest BCUT2D eigenvalue weighted by molar-refractivity contribution is 14.1. The predicted octanol–water partition coefficient (Wildman–Crippen LogP) is 3.69. The van der Waals surface area contributed by atoms with E-state index in [4.69, 9.17) is 12.2 Å². The summed E-state index contributed by atoms with van der Waals surface area (Å²) in [5.41, 5.74) is 2.84. The molecule has 5 heteroatoms. The lowest BCUT2D eigenvalue weighted by Crippen LogP contribution is -1.95. The SMILES string of the molecule is S=c1[nH]c2cccnc2n1-c1ccc(I)cc1. The molecule has 17 heavy (non-hydrogen) atoms. The first kappa shape index (κ1) is 10.9. The van der Waals surface area contributed by atoms with E-state index in [2.05, 4.69) is 44.7 Å². The maximum Gasteiger partial charge on any atom is 0.183 e. The molecule has 3 nitrogen and oxygen atoms in total. The van der Waals surface area contributed by atoms with Gasteiger partial charge in [0.1, 0.15) is 0 Å². The second-order valence-corrected chi connectivity index (χ2v) is 5.25. The molecule has 0 unspecified atom stereocenters. The molecule has 2 aromatic heterocycles. The maximum absolute atomic E-state index is 5.33. The molecule has 3 rings (SSSR count). The van der Waals surface area contributed by atoms with Crippen LogP contribution >= 0.6 is 34.8 Å². The number of fused-ring (bicyclic) bond motifs is 1. The number of aromatic nitrogens is 3. The number of hydrogen-bond donors (Lipinski definition) is 1. The average molecular weight is 353 g/mol. The molecule has 0 aliphatic heterocycles. The van der Waals surface area contributed by atoms with Crippen LogP contribution < -0.4 is 0 Å². The van der Waals surface area contributed by atoms with Crippen LogP contribution in [0.4, 0.5) is 0 Å². The summed E-state index contributed by atoms with van der Waals surface area (Å²) in [7, 11) is 0. The monoisotopic (exact) mass is 353 g/mol. The Hall–Kier alpha value is -1.21.